The summed E-state index contributed by atoms with van der Waals surface area (Å²) in [7, 11) is -8.60. The third-order valence-electron chi connectivity index (χ3n) is 5.37. The molecule has 3 aromatic rings. The third-order valence-corrected chi connectivity index (χ3v) is 12.3. The van der Waals surface area contributed by atoms with Crippen molar-refractivity contribution in [1.29, 1.82) is 0 Å². The number of aromatic nitrogens is 1. The van der Waals surface area contributed by atoms with Gasteiger partial charge >= 0.3 is 29.6 Å². The first kappa shape index (κ1) is 33.6. The van der Waals surface area contributed by atoms with Crippen LogP contribution in [0.25, 0.3) is 15.6 Å². The molecular formula is C22H21Cl2N2NaO6S6. The number of nitrogens with zero attached hydrogens (tertiary/aromatic N) is 2. The van der Waals surface area contributed by atoms with Gasteiger partial charge in [0.1, 0.15) is 5.02 Å². The Hall–Kier alpha value is 0.0600. The van der Waals surface area contributed by atoms with Crippen LogP contribution in [-0.2, 0) is 26.8 Å². The number of rotatable bonds is 11. The van der Waals surface area contributed by atoms with Crippen LogP contribution in [0.2, 0.25) is 10.0 Å². The molecular weight excluding hydrogens is 675 g/mol. The largest absolute Gasteiger partial charge is 1.00 e. The normalized spacial score (nSPS) is 15.6. The van der Waals surface area contributed by atoms with E-state index in [2.05, 4.69) is 0 Å². The van der Waals surface area contributed by atoms with Crippen LogP contribution in [0.4, 0.5) is 5.69 Å². The Labute approximate surface area is 275 Å². The molecule has 0 radical (unpaired) electrons. The zero-order valence-corrected chi connectivity index (χ0v) is 29.2. The Bertz CT molecular complexity index is 1660. The van der Waals surface area contributed by atoms with Crippen LogP contribution in [0.5, 0.6) is 0 Å². The maximum atomic E-state index is 11.1. The molecule has 1 aliphatic rings. The molecule has 0 aromatic carbocycles. The van der Waals surface area contributed by atoms with Gasteiger partial charge in [0.15, 0.2) is 10.6 Å². The summed E-state index contributed by atoms with van der Waals surface area (Å²) in [6, 6.07) is 0. The van der Waals surface area contributed by atoms with Crippen LogP contribution >= 0.6 is 69.0 Å². The predicted octanol–water partition coefficient (Wildman–Crippen LogP) is 2.91. The van der Waals surface area contributed by atoms with E-state index in [0.717, 1.165) is 35.0 Å². The zero-order chi connectivity index (χ0) is 27.7. The molecule has 0 fully saturated rings. The second kappa shape index (κ2) is 14.0. The van der Waals surface area contributed by atoms with Crippen LogP contribution in [0, 0.1) is 0 Å². The zero-order valence-electron chi connectivity index (χ0n) is 20.8. The average Bonchev–Trinajstić information content (AvgIpc) is 3.54. The topological polar surface area (TPSA) is 122 Å². The minimum Gasteiger partial charge on any atom is -0.748 e. The van der Waals surface area contributed by atoms with Crippen LogP contribution in [0.1, 0.15) is 24.8 Å². The van der Waals surface area contributed by atoms with E-state index in [1.54, 1.807) is 0 Å². The van der Waals surface area contributed by atoms with Crippen molar-refractivity contribution in [2.75, 3.05) is 23.0 Å². The Balaban J connectivity index is 0.00000420. The van der Waals surface area contributed by atoms with Crippen LogP contribution in [0.3, 0.4) is 0 Å². The van der Waals surface area contributed by atoms with Crippen molar-refractivity contribution in [2.45, 2.75) is 30.5 Å². The summed E-state index contributed by atoms with van der Waals surface area (Å²) < 4.78 is 70.3. The van der Waals surface area contributed by atoms with E-state index in [4.69, 9.17) is 23.2 Å². The molecule has 206 valence electrons. The summed E-state index contributed by atoms with van der Waals surface area (Å²) in [6.45, 7) is 2.62. The molecule has 0 N–H and O–H groups in total. The number of allylic oxidation sites excluding steroid dienone is 4. The number of thiazole rings is 1. The van der Waals surface area contributed by atoms with Gasteiger partial charge in [0.25, 0.3) is 10.5 Å². The molecule has 39 heavy (non-hydrogen) atoms. The molecule has 0 unspecified atom stereocenters. The quantitative estimate of drug-likeness (QED) is 0.130. The number of thiophene rings is 2. The van der Waals surface area contributed by atoms with Gasteiger partial charge in [-0.25, -0.2) is 16.8 Å². The molecule has 0 saturated heterocycles. The smallest absolute Gasteiger partial charge is 0.748 e. The molecule has 4 heterocycles. The second-order valence-electron chi connectivity index (χ2n) is 8.26. The SMILES string of the molecule is CC(C=Cc1sc2scc(Cl)c2[n+]1CCCS(=O)(=O)[O-])=CC=C1Sc2scc(Cl)c2N1CCCS(=O)(=O)[O-].[Na+]. The summed E-state index contributed by atoms with van der Waals surface area (Å²) in [6.07, 6.45) is 8.08. The molecule has 0 amide bonds. The molecule has 0 spiro atoms. The summed E-state index contributed by atoms with van der Waals surface area (Å²) >= 11 is 18.8. The minimum absolute atomic E-state index is 0. The van der Waals surface area contributed by atoms with Gasteiger partial charge < -0.3 is 14.0 Å². The van der Waals surface area contributed by atoms with Gasteiger partial charge in [-0.2, -0.15) is 4.57 Å². The fraction of sp³-hybridized carbons (Fsp3) is 0.318. The summed E-state index contributed by atoms with van der Waals surface area (Å²) in [5.41, 5.74) is 2.59. The number of hydrogen-bond acceptors (Lipinski definition) is 11. The van der Waals surface area contributed by atoms with E-state index in [1.807, 2.05) is 51.5 Å². The van der Waals surface area contributed by atoms with E-state index in [-0.39, 0.29) is 42.4 Å². The number of hydrogen-bond donors (Lipinski definition) is 0. The van der Waals surface area contributed by atoms with Gasteiger partial charge in [0.05, 0.1) is 40.2 Å². The van der Waals surface area contributed by atoms with Gasteiger partial charge in [-0.3, -0.25) is 0 Å². The Morgan fingerprint density at radius 1 is 1.05 bits per heavy atom. The first-order chi connectivity index (χ1) is 17.8. The molecule has 0 bridgehead atoms. The van der Waals surface area contributed by atoms with E-state index >= 15 is 0 Å². The third kappa shape index (κ3) is 9.02. The number of thioether (sulfide) groups is 1. The summed E-state index contributed by atoms with van der Waals surface area (Å²) in [4.78, 5) is 1.94. The average molecular weight is 696 g/mol. The van der Waals surface area contributed by atoms with Crippen molar-refractivity contribution in [3.63, 3.8) is 0 Å². The van der Waals surface area contributed by atoms with Crippen molar-refractivity contribution in [3.05, 3.63) is 54.6 Å². The maximum absolute atomic E-state index is 11.1. The molecule has 1 aliphatic heterocycles. The minimum atomic E-state index is -4.30. The number of anilines is 1. The van der Waals surface area contributed by atoms with Crippen LogP contribution < -0.4 is 39.0 Å². The Morgan fingerprint density at radius 2 is 1.72 bits per heavy atom. The summed E-state index contributed by atoms with van der Waals surface area (Å²) in [5.74, 6) is -0.891. The van der Waals surface area contributed by atoms with Crippen LogP contribution in [0.15, 0.2) is 43.8 Å². The van der Waals surface area contributed by atoms with Gasteiger partial charge in [-0.05, 0) is 19.4 Å². The van der Waals surface area contributed by atoms with Gasteiger partial charge in [-0.15, -0.1) is 22.7 Å². The van der Waals surface area contributed by atoms with Gasteiger partial charge in [0, 0.05) is 41.3 Å². The molecule has 4 rings (SSSR count). The van der Waals surface area contributed by atoms with Crippen LogP contribution in [-0.4, -0.2) is 44.0 Å². The second-order valence-corrected chi connectivity index (χ2v) is 16.5. The van der Waals surface area contributed by atoms with Crippen molar-refractivity contribution >= 4 is 111 Å². The van der Waals surface area contributed by atoms with Crippen molar-refractivity contribution in [3.8, 4) is 0 Å². The van der Waals surface area contributed by atoms with E-state index in [0.29, 0.717) is 23.1 Å². The molecule has 0 aliphatic carbocycles. The van der Waals surface area contributed by atoms with Crippen molar-refractivity contribution in [2.24, 2.45) is 0 Å². The van der Waals surface area contributed by atoms with Gasteiger partial charge in [-0.1, -0.05) is 64.0 Å². The number of halogens is 2. The Morgan fingerprint density at radius 3 is 2.41 bits per heavy atom. The van der Waals surface area contributed by atoms with E-state index in [1.165, 1.54) is 45.8 Å². The standard InChI is InChI=1S/C22H22Cl2N2O6S6.Na/c1-14(4-6-17-25(8-2-10-37(27,28)29)19-15(23)12-33-21(19)35-17)5-7-18-26(9-3-11-38(30,31)32)20-16(24)13-34-22(20)36-18;/h4-7,12-13H,2-3,8-11H2,1H3,(H-,27,28,29,30,31,32);/q;+1/p-1. The van der Waals surface area contributed by atoms with E-state index < -0.39 is 31.7 Å². The molecule has 17 heteroatoms. The van der Waals surface area contributed by atoms with E-state index in [9.17, 15) is 25.9 Å². The predicted molar refractivity (Wildman–Crippen MR) is 157 cm³/mol. The summed E-state index contributed by atoms with van der Waals surface area (Å²) in [5, 5.41) is 6.58. The first-order valence-electron chi connectivity index (χ1n) is 11.1. The Kier molecular flexibility index (Phi) is 12.1. The number of fused-ring (bicyclic) bond motifs is 2. The van der Waals surface area contributed by atoms with Crippen molar-refractivity contribution in [1.82, 2.24) is 0 Å². The fourth-order valence-corrected chi connectivity index (χ4v) is 9.94. The van der Waals surface area contributed by atoms with Gasteiger partial charge in [0.2, 0.25) is 0 Å². The molecule has 3 aromatic heterocycles. The molecule has 0 saturated carbocycles. The monoisotopic (exact) mass is 694 g/mol. The number of aryl methyl sites for hydroxylation is 1. The first-order valence-corrected chi connectivity index (χ1v) is 18.4. The fourth-order valence-electron chi connectivity index (χ4n) is 3.72. The molecule has 8 nitrogen and oxygen atoms in total. The maximum Gasteiger partial charge on any atom is 1.00 e. The van der Waals surface area contributed by atoms with Crippen molar-refractivity contribution < 1.29 is 60.1 Å². The molecule has 0 atom stereocenters.